The Bertz CT molecular complexity index is 1420. The van der Waals surface area contributed by atoms with E-state index in [0.717, 1.165) is 24.1 Å². The minimum atomic E-state index is -0.702. The molecule has 3 aromatic rings. The predicted molar refractivity (Wildman–Crippen MR) is 138 cm³/mol. The van der Waals surface area contributed by atoms with E-state index in [0.29, 0.717) is 44.3 Å². The first-order chi connectivity index (χ1) is 17.0. The van der Waals surface area contributed by atoms with Crippen LogP contribution in [0.5, 0.6) is 11.5 Å². The summed E-state index contributed by atoms with van der Waals surface area (Å²) in [4.78, 5) is 32.5. The largest absolute Gasteiger partial charge is 0.493 e. The summed E-state index contributed by atoms with van der Waals surface area (Å²) in [6, 6.07) is 8.69. The second kappa shape index (κ2) is 11.0. The summed E-state index contributed by atoms with van der Waals surface area (Å²) in [5.41, 5.74) is 1.34. The van der Waals surface area contributed by atoms with Gasteiger partial charge in [0.1, 0.15) is 0 Å². The van der Waals surface area contributed by atoms with E-state index in [-0.39, 0.29) is 5.56 Å². The molecule has 0 N–H and O–H groups in total. The molecule has 0 aliphatic carbocycles. The molecule has 0 saturated carbocycles. The third-order valence-corrected chi connectivity index (χ3v) is 7.55. The van der Waals surface area contributed by atoms with Crippen LogP contribution in [0.1, 0.15) is 49.6 Å². The third kappa shape index (κ3) is 5.11. The van der Waals surface area contributed by atoms with Crippen molar-refractivity contribution in [3.63, 3.8) is 0 Å². The lowest BCUT2D eigenvalue weighted by Crippen LogP contribution is -2.39. The number of ether oxygens (including phenoxy) is 3. The number of thiophene rings is 1. The van der Waals surface area contributed by atoms with Gasteiger partial charge < -0.3 is 14.2 Å². The second-order valence-corrected chi connectivity index (χ2v) is 10.0. The van der Waals surface area contributed by atoms with E-state index in [1.807, 2.05) is 41.8 Å². The molecule has 1 unspecified atom stereocenters. The summed E-state index contributed by atoms with van der Waals surface area (Å²) in [5.74, 6) is 0.638. The zero-order chi connectivity index (χ0) is 24.9. The molecule has 1 atom stereocenters. The van der Waals surface area contributed by atoms with Gasteiger partial charge in [0.25, 0.3) is 5.56 Å². The number of hydrogen-bond donors (Lipinski definition) is 0. The van der Waals surface area contributed by atoms with Gasteiger partial charge in [0.05, 0.1) is 42.7 Å². The van der Waals surface area contributed by atoms with Gasteiger partial charge in [-0.3, -0.25) is 9.36 Å². The Balaban J connectivity index is 1.84. The topological polar surface area (TPSA) is 79.1 Å². The normalized spacial score (nSPS) is 15.5. The maximum atomic E-state index is 13.6. The van der Waals surface area contributed by atoms with Crippen LogP contribution >= 0.6 is 22.7 Å². The first kappa shape index (κ1) is 24.9. The molecule has 0 saturated heterocycles. The zero-order valence-electron chi connectivity index (χ0n) is 20.2. The van der Waals surface area contributed by atoms with Gasteiger partial charge in [-0.1, -0.05) is 43.2 Å². The number of benzene rings is 1. The Kier molecular flexibility index (Phi) is 7.87. The van der Waals surface area contributed by atoms with Gasteiger partial charge in [-0.15, -0.1) is 11.3 Å². The molecular weight excluding hydrogens is 484 g/mol. The molecular formula is C26H28N2O5S2. The molecule has 7 nitrogen and oxygen atoms in total. The van der Waals surface area contributed by atoms with Crippen molar-refractivity contribution in [1.82, 2.24) is 4.57 Å². The highest BCUT2D eigenvalue weighted by atomic mass is 32.1. The second-order valence-electron chi connectivity index (χ2n) is 8.05. The maximum Gasteiger partial charge on any atom is 0.338 e. The van der Waals surface area contributed by atoms with Gasteiger partial charge in [0.2, 0.25) is 0 Å². The lowest BCUT2D eigenvalue weighted by molar-refractivity contribution is -0.136. The number of rotatable bonds is 9. The highest BCUT2D eigenvalue weighted by Gasteiger charge is 2.33. The number of methoxy groups -OCH3 is 2. The van der Waals surface area contributed by atoms with Crippen LogP contribution in [0.4, 0.5) is 0 Å². The van der Waals surface area contributed by atoms with Gasteiger partial charge in [-0.05, 0) is 48.6 Å². The fourth-order valence-electron chi connectivity index (χ4n) is 4.02. The number of esters is 1. The monoisotopic (exact) mass is 512 g/mol. The fourth-order valence-corrected chi connectivity index (χ4v) is 5.79. The van der Waals surface area contributed by atoms with Crippen molar-refractivity contribution in [1.29, 1.82) is 0 Å². The van der Waals surface area contributed by atoms with Gasteiger partial charge >= 0.3 is 5.97 Å². The van der Waals surface area contributed by atoms with Gasteiger partial charge in [0, 0.05) is 4.88 Å². The first-order valence-electron chi connectivity index (χ1n) is 11.4. The van der Waals surface area contributed by atoms with E-state index in [9.17, 15) is 9.59 Å². The van der Waals surface area contributed by atoms with E-state index in [2.05, 4.69) is 11.9 Å². The molecule has 0 spiro atoms. The zero-order valence-corrected chi connectivity index (χ0v) is 21.8. The Hall–Kier alpha value is -3.17. The number of unbranched alkanes of at least 4 members (excludes halogenated alkanes) is 2. The number of hydrogen-bond acceptors (Lipinski definition) is 8. The van der Waals surface area contributed by atoms with Crippen molar-refractivity contribution in [2.24, 2.45) is 4.99 Å². The Morgan fingerprint density at radius 3 is 2.71 bits per heavy atom. The highest BCUT2D eigenvalue weighted by molar-refractivity contribution is 7.11. The fraction of sp³-hybridized carbons (Fsp3) is 0.346. The van der Waals surface area contributed by atoms with Crippen LogP contribution in [0.15, 0.2) is 56.8 Å². The maximum absolute atomic E-state index is 13.6. The molecule has 3 heterocycles. The SMILES string of the molecule is CCCCCOc1ccc(C2C(C(=O)OC)=C(C)N=c3s/c(=C\c4cccs4)c(=O)n32)cc1OC. The van der Waals surface area contributed by atoms with Crippen LogP contribution in [0.3, 0.4) is 0 Å². The van der Waals surface area contributed by atoms with Crippen molar-refractivity contribution >= 4 is 34.7 Å². The lowest BCUT2D eigenvalue weighted by atomic mass is 9.95. The molecule has 0 fully saturated rings. The summed E-state index contributed by atoms with van der Waals surface area (Å²) < 4.78 is 18.7. The number of carbonyl (C=O) groups is 1. The van der Waals surface area contributed by atoms with Crippen molar-refractivity contribution in [3.8, 4) is 11.5 Å². The first-order valence-corrected chi connectivity index (χ1v) is 13.1. The average Bonchev–Trinajstić information content (AvgIpc) is 3.48. The van der Waals surface area contributed by atoms with Crippen LogP contribution in [-0.2, 0) is 9.53 Å². The number of allylic oxidation sites excluding steroid dienone is 1. The average molecular weight is 513 g/mol. The van der Waals surface area contributed by atoms with E-state index in [1.165, 1.54) is 18.4 Å². The minimum Gasteiger partial charge on any atom is -0.493 e. The number of thiazole rings is 1. The summed E-state index contributed by atoms with van der Waals surface area (Å²) in [6.45, 7) is 4.50. The van der Waals surface area contributed by atoms with E-state index in [4.69, 9.17) is 14.2 Å². The number of fused-ring (bicyclic) bond motifs is 1. The van der Waals surface area contributed by atoms with E-state index in [1.54, 1.807) is 29.9 Å². The number of aromatic nitrogens is 1. The van der Waals surface area contributed by atoms with Crippen molar-refractivity contribution in [2.45, 2.75) is 39.2 Å². The summed E-state index contributed by atoms with van der Waals surface area (Å²) in [7, 11) is 2.90. The van der Waals surface area contributed by atoms with Crippen molar-refractivity contribution < 1.29 is 19.0 Å². The Labute approximate surface area is 211 Å². The quantitative estimate of drug-likeness (QED) is 0.319. The summed E-state index contributed by atoms with van der Waals surface area (Å²) >= 11 is 2.86. The number of nitrogens with zero attached hydrogens (tertiary/aromatic N) is 2. The molecule has 9 heteroatoms. The summed E-state index contributed by atoms with van der Waals surface area (Å²) in [6.07, 6.45) is 5.01. The van der Waals surface area contributed by atoms with Crippen LogP contribution in [-0.4, -0.2) is 31.4 Å². The third-order valence-electron chi connectivity index (χ3n) is 5.75. The van der Waals surface area contributed by atoms with Gasteiger partial charge in [-0.2, -0.15) is 0 Å². The standard InChI is InChI=1S/C26H28N2O5S2/c1-5-6-7-12-33-19-11-10-17(14-20(19)31-3)23-22(25(30)32-4)16(2)27-26-28(23)24(29)21(35-26)15-18-9-8-13-34-18/h8-11,13-15,23H,5-7,12H2,1-4H3/b21-15-. The van der Waals surface area contributed by atoms with Gasteiger partial charge in [0.15, 0.2) is 16.3 Å². The highest BCUT2D eigenvalue weighted by Crippen LogP contribution is 2.36. The molecule has 2 aromatic heterocycles. The molecule has 1 aromatic carbocycles. The molecule has 1 aliphatic heterocycles. The Morgan fingerprint density at radius 1 is 1.20 bits per heavy atom. The van der Waals surface area contributed by atoms with Crippen molar-refractivity contribution in [3.05, 3.63) is 77.1 Å². The smallest absolute Gasteiger partial charge is 0.338 e. The van der Waals surface area contributed by atoms with Crippen LogP contribution in [0.25, 0.3) is 6.08 Å². The molecule has 1 aliphatic rings. The molecule has 0 bridgehead atoms. The van der Waals surface area contributed by atoms with Crippen LogP contribution in [0, 0.1) is 0 Å². The molecule has 184 valence electrons. The van der Waals surface area contributed by atoms with E-state index < -0.39 is 12.0 Å². The van der Waals surface area contributed by atoms with Crippen molar-refractivity contribution in [2.75, 3.05) is 20.8 Å². The lowest BCUT2D eigenvalue weighted by Gasteiger charge is -2.25. The van der Waals surface area contributed by atoms with Crippen LogP contribution < -0.4 is 24.4 Å². The predicted octanol–water partition coefficient (Wildman–Crippen LogP) is 4.05. The molecule has 0 amide bonds. The minimum absolute atomic E-state index is 0.208. The molecule has 35 heavy (non-hydrogen) atoms. The summed E-state index contributed by atoms with van der Waals surface area (Å²) in [5, 5.41) is 1.96. The van der Waals surface area contributed by atoms with Crippen LogP contribution in [0.2, 0.25) is 0 Å². The van der Waals surface area contributed by atoms with E-state index >= 15 is 0 Å². The van der Waals surface area contributed by atoms with Gasteiger partial charge in [-0.25, -0.2) is 9.79 Å². The number of carbonyl (C=O) groups excluding carboxylic acids is 1. The molecule has 4 rings (SSSR count). The Morgan fingerprint density at radius 2 is 2.03 bits per heavy atom. The molecule has 0 radical (unpaired) electrons.